The van der Waals surface area contributed by atoms with Crippen molar-refractivity contribution in [3.05, 3.63) is 12.7 Å². The Hall–Kier alpha value is -0.830. The van der Waals surface area contributed by atoms with Crippen LogP contribution in [0.2, 0.25) is 0 Å². The first-order valence-corrected chi connectivity index (χ1v) is 5.28. The molecule has 82 valence electrons. The molecule has 3 nitrogen and oxygen atoms in total. The van der Waals surface area contributed by atoms with Gasteiger partial charge in [-0.15, -0.1) is 0 Å². The van der Waals surface area contributed by atoms with Crippen molar-refractivity contribution in [3.63, 3.8) is 0 Å². The molecule has 0 rings (SSSR count). The number of carbonyl (C=O) groups excluding carboxylic acids is 1. The highest BCUT2D eigenvalue weighted by Crippen LogP contribution is 2.01. The highest BCUT2D eigenvalue weighted by atomic mass is 16.3. The van der Waals surface area contributed by atoms with Crippen LogP contribution in [0.3, 0.4) is 0 Å². The molecule has 0 aliphatic carbocycles. The first-order chi connectivity index (χ1) is 6.76. The van der Waals surface area contributed by atoms with Crippen LogP contribution in [0.25, 0.3) is 0 Å². The molecule has 0 aromatic carbocycles. The van der Waals surface area contributed by atoms with Crippen LogP contribution in [0.1, 0.15) is 32.6 Å². The van der Waals surface area contributed by atoms with Crippen molar-refractivity contribution in [2.45, 2.75) is 32.6 Å². The molecule has 0 aromatic heterocycles. The van der Waals surface area contributed by atoms with Gasteiger partial charge in [0.2, 0.25) is 5.91 Å². The number of hydrogen-bond acceptors (Lipinski definition) is 2. The molecule has 14 heavy (non-hydrogen) atoms. The van der Waals surface area contributed by atoms with Gasteiger partial charge in [-0.2, -0.15) is 0 Å². The van der Waals surface area contributed by atoms with E-state index in [0.717, 1.165) is 19.4 Å². The fourth-order valence-corrected chi connectivity index (χ4v) is 1.31. The summed E-state index contributed by atoms with van der Waals surface area (Å²) in [7, 11) is 0. The second-order valence-corrected chi connectivity index (χ2v) is 3.31. The zero-order chi connectivity index (χ0) is 10.8. The van der Waals surface area contributed by atoms with E-state index in [9.17, 15) is 4.79 Å². The Bertz CT molecular complexity index is 169. The Labute approximate surface area is 86.4 Å². The third kappa shape index (κ3) is 5.75. The number of nitrogens with zero attached hydrogens (tertiary/aromatic N) is 1. The third-order valence-electron chi connectivity index (χ3n) is 2.14. The Kier molecular flexibility index (Phi) is 8.24. The molecule has 0 radical (unpaired) electrons. The molecular weight excluding hydrogens is 178 g/mol. The van der Waals surface area contributed by atoms with Crippen LogP contribution in [0, 0.1) is 0 Å². The highest BCUT2D eigenvalue weighted by Gasteiger charge is 2.07. The lowest BCUT2D eigenvalue weighted by molar-refractivity contribution is -0.126. The quantitative estimate of drug-likeness (QED) is 0.476. The lowest BCUT2D eigenvalue weighted by Gasteiger charge is -2.19. The number of amides is 1. The van der Waals surface area contributed by atoms with Crippen LogP contribution in [-0.2, 0) is 4.79 Å². The lowest BCUT2D eigenvalue weighted by Crippen LogP contribution is -2.32. The van der Waals surface area contributed by atoms with Crippen molar-refractivity contribution in [1.29, 1.82) is 0 Å². The first kappa shape index (κ1) is 13.2. The Morgan fingerprint density at radius 1 is 1.36 bits per heavy atom. The monoisotopic (exact) mass is 199 g/mol. The molecule has 0 saturated heterocycles. The van der Waals surface area contributed by atoms with Gasteiger partial charge >= 0.3 is 0 Å². The van der Waals surface area contributed by atoms with Crippen molar-refractivity contribution in [1.82, 2.24) is 4.90 Å². The average Bonchev–Trinajstić information content (AvgIpc) is 2.21. The first-order valence-electron chi connectivity index (χ1n) is 5.28. The molecule has 0 aliphatic heterocycles. The largest absolute Gasteiger partial charge is 0.395 e. The second kappa shape index (κ2) is 8.75. The van der Waals surface area contributed by atoms with E-state index in [1.54, 1.807) is 4.90 Å². The van der Waals surface area contributed by atoms with E-state index >= 15 is 0 Å². The van der Waals surface area contributed by atoms with E-state index in [4.69, 9.17) is 5.11 Å². The van der Waals surface area contributed by atoms with Gasteiger partial charge in [-0.3, -0.25) is 4.79 Å². The van der Waals surface area contributed by atoms with Gasteiger partial charge < -0.3 is 10.0 Å². The zero-order valence-electron chi connectivity index (χ0n) is 9.04. The summed E-state index contributed by atoms with van der Waals surface area (Å²) >= 11 is 0. The molecule has 0 aromatic rings. The maximum Gasteiger partial charge on any atom is 0.246 e. The number of aliphatic hydroxyl groups is 1. The smallest absolute Gasteiger partial charge is 0.246 e. The number of rotatable bonds is 8. The van der Waals surface area contributed by atoms with E-state index < -0.39 is 0 Å². The summed E-state index contributed by atoms with van der Waals surface area (Å²) in [6, 6.07) is 0. The number of carbonyl (C=O) groups is 1. The van der Waals surface area contributed by atoms with Crippen LogP contribution >= 0.6 is 0 Å². The van der Waals surface area contributed by atoms with E-state index in [1.165, 1.54) is 18.9 Å². The molecule has 0 aliphatic rings. The standard InChI is InChI=1S/C11H21NO2/c1-3-5-6-7-8-12(9-10-13)11(14)4-2/h4,13H,2-3,5-10H2,1H3. The van der Waals surface area contributed by atoms with Crippen molar-refractivity contribution >= 4 is 5.91 Å². The second-order valence-electron chi connectivity index (χ2n) is 3.31. The van der Waals surface area contributed by atoms with Crippen molar-refractivity contribution in [3.8, 4) is 0 Å². The summed E-state index contributed by atoms with van der Waals surface area (Å²) in [5, 5.41) is 8.76. The maximum atomic E-state index is 11.3. The highest BCUT2D eigenvalue weighted by molar-refractivity contribution is 5.86. The van der Waals surface area contributed by atoms with Crippen LogP contribution in [-0.4, -0.2) is 35.6 Å². The van der Waals surface area contributed by atoms with Gasteiger partial charge in [-0.1, -0.05) is 32.8 Å². The molecule has 3 heteroatoms. The minimum Gasteiger partial charge on any atom is -0.395 e. The molecule has 0 heterocycles. The van der Waals surface area contributed by atoms with E-state index in [2.05, 4.69) is 13.5 Å². The molecule has 1 N–H and O–H groups in total. The van der Waals surface area contributed by atoms with Crippen LogP contribution in [0.4, 0.5) is 0 Å². The lowest BCUT2D eigenvalue weighted by atomic mass is 10.2. The Morgan fingerprint density at radius 3 is 2.57 bits per heavy atom. The molecule has 0 unspecified atom stereocenters. The molecule has 0 atom stereocenters. The fourth-order valence-electron chi connectivity index (χ4n) is 1.31. The van der Waals surface area contributed by atoms with Gasteiger partial charge in [0.25, 0.3) is 0 Å². The number of unbranched alkanes of at least 4 members (excludes halogenated alkanes) is 3. The molecule has 0 spiro atoms. The summed E-state index contributed by atoms with van der Waals surface area (Å²) in [4.78, 5) is 12.9. The van der Waals surface area contributed by atoms with Crippen molar-refractivity contribution in [2.24, 2.45) is 0 Å². The van der Waals surface area contributed by atoms with Gasteiger partial charge in [-0.05, 0) is 12.5 Å². The van der Waals surface area contributed by atoms with E-state index in [1.807, 2.05) is 0 Å². The van der Waals surface area contributed by atoms with Crippen LogP contribution in [0.15, 0.2) is 12.7 Å². The van der Waals surface area contributed by atoms with Crippen LogP contribution < -0.4 is 0 Å². The molecule has 0 fully saturated rings. The summed E-state index contributed by atoms with van der Waals surface area (Å²) in [5.41, 5.74) is 0. The average molecular weight is 199 g/mol. The number of aliphatic hydroxyl groups excluding tert-OH is 1. The van der Waals surface area contributed by atoms with Gasteiger partial charge in [0.05, 0.1) is 6.61 Å². The summed E-state index contributed by atoms with van der Waals surface area (Å²) in [6.45, 7) is 6.75. The SMILES string of the molecule is C=CC(=O)N(CCO)CCCCCC. The van der Waals surface area contributed by atoms with Gasteiger partial charge in [-0.25, -0.2) is 0 Å². The Balaban J connectivity index is 3.73. The van der Waals surface area contributed by atoms with Crippen LogP contribution in [0.5, 0.6) is 0 Å². The minimum atomic E-state index is -0.0875. The van der Waals surface area contributed by atoms with Crippen molar-refractivity contribution < 1.29 is 9.90 Å². The van der Waals surface area contributed by atoms with E-state index in [-0.39, 0.29) is 12.5 Å². The van der Waals surface area contributed by atoms with Crippen molar-refractivity contribution in [2.75, 3.05) is 19.7 Å². The van der Waals surface area contributed by atoms with Gasteiger partial charge in [0.1, 0.15) is 0 Å². The predicted octanol–water partition coefficient (Wildman–Crippen LogP) is 1.57. The normalized spacial score (nSPS) is 9.86. The molecular formula is C11H21NO2. The summed E-state index contributed by atoms with van der Waals surface area (Å²) in [5.74, 6) is -0.0875. The van der Waals surface area contributed by atoms with E-state index in [0.29, 0.717) is 6.54 Å². The fraction of sp³-hybridized carbons (Fsp3) is 0.727. The molecule has 0 saturated carbocycles. The topological polar surface area (TPSA) is 40.5 Å². The third-order valence-corrected chi connectivity index (χ3v) is 2.14. The zero-order valence-corrected chi connectivity index (χ0v) is 9.04. The number of hydrogen-bond donors (Lipinski definition) is 1. The molecule has 0 bridgehead atoms. The summed E-state index contributed by atoms with van der Waals surface area (Å²) < 4.78 is 0. The Morgan fingerprint density at radius 2 is 2.07 bits per heavy atom. The summed E-state index contributed by atoms with van der Waals surface area (Å²) in [6.07, 6.45) is 5.84. The van der Waals surface area contributed by atoms with Gasteiger partial charge in [0.15, 0.2) is 0 Å². The predicted molar refractivity (Wildman–Crippen MR) is 58.0 cm³/mol. The minimum absolute atomic E-state index is 0.0212. The molecule has 1 amide bonds. The van der Waals surface area contributed by atoms with Gasteiger partial charge in [0, 0.05) is 13.1 Å². The maximum absolute atomic E-state index is 11.3.